The lowest BCUT2D eigenvalue weighted by molar-refractivity contribution is -0.127. The summed E-state index contributed by atoms with van der Waals surface area (Å²) in [6.45, 7) is 2.31. The number of alkyl halides is 3. The molecule has 0 saturated carbocycles. The van der Waals surface area contributed by atoms with E-state index in [9.17, 15) is 28.8 Å². The second kappa shape index (κ2) is 25.1. The molecule has 21 heteroatoms. The molecule has 68 heavy (non-hydrogen) atoms. The van der Waals surface area contributed by atoms with Gasteiger partial charge in [0.2, 0.25) is 12.1 Å². The summed E-state index contributed by atoms with van der Waals surface area (Å²) >= 11 is 30.6. The minimum absolute atomic E-state index is 0.0875. The number of hydrogen-bond acceptors (Lipinski definition) is 12. The molecule has 2 unspecified atom stereocenters. The summed E-state index contributed by atoms with van der Waals surface area (Å²) in [5, 5.41) is 27.1. The standard InChI is InChI=1S/C47H43Cl5N8O8/c1-25(61)42(59-57-37-17-29(15-32(51)20-37)44(63)53-35-7-5-27(11-13-48)40(22-35)67-3)46(65)55-34-9-10-39(31(19-34)24-50)56-47(66)43(26(2)62)60-58-38-18-30(16-33(52)21-38)45(64)54-36-8-6-28(12-14-49)41(23-36)68-4/h5-10,15-23,42-43H,11-14,24H2,1-4H3,(H,53,63)(H,54,64)(H,55,65)(H,56,66). The Morgan fingerprint density at radius 1 is 0.529 bits per heavy atom. The molecule has 0 radical (unpaired) electrons. The summed E-state index contributed by atoms with van der Waals surface area (Å²) in [6.07, 6.45) is 1.15. The molecule has 0 aliphatic heterocycles. The van der Waals surface area contributed by atoms with E-state index in [0.29, 0.717) is 53.0 Å². The fourth-order valence-corrected chi connectivity index (χ4v) is 7.48. The van der Waals surface area contributed by atoms with Gasteiger partial charge in [-0.3, -0.25) is 28.8 Å². The average molecular weight is 1030 g/mol. The monoisotopic (exact) mass is 1020 g/mol. The van der Waals surface area contributed by atoms with Gasteiger partial charge in [-0.1, -0.05) is 35.3 Å². The number of aryl methyl sites for hydroxylation is 2. The Labute approximate surface area is 416 Å². The number of nitrogens with zero attached hydrogens (tertiary/aromatic N) is 4. The van der Waals surface area contributed by atoms with Gasteiger partial charge in [-0.05, 0) is 110 Å². The van der Waals surface area contributed by atoms with E-state index >= 15 is 0 Å². The van der Waals surface area contributed by atoms with Crippen LogP contribution in [0.25, 0.3) is 0 Å². The van der Waals surface area contributed by atoms with Crippen LogP contribution < -0.4 is 30.7 Å². The molecule has 5 aromatic carbocycles. The van der Waals surface area contributed by atoms with Gasteiger partial charge in [0.25, 0.3) is 23.6 Å². The molecule has 0 bridgehead atoms. The molecule has 354 valence electrons. The number of methoxy groups -OCH3 is 2. The number of carbonyl (C=O) groups is 6. The van der Waals surface area contributed by atoms with Crippen LogP contribution in [0.4, 0.5) is 34.1 Å². The molecule has 0 aliphatic carbocycles. The Hall–Kier alpha value is -6.43. The lowest BCUT2D eigenvalue weighted by atomic mass is 10.1. The van der Waals surface area contributed by atoms with Gasteiger partial charge >= 0.3 is 0 Å². The van der Waals surface area contributed by atoms with E-state index in [1.54, 1.807) is 36.4 Å². The predicted molar refractivity (Wildman–Crippen MR) is 265 cm³/mol. The Balaban J connectivity index is 1.25. The van der Waals surface area contributed by atoms with Crippen LogP contribution >= 0.6 is 58.0 Å². The fraction of sp³-hybridized carbons (Fsp3) is 0.234. The van der Waals surface area contributed by atoms with E-state index < -0.39 is 47.3 Å². The Morgan fingerprint density at radius 3 is 1.37 bits per heavy atom. The zero-order valence-electron chi connectivity index (χ0n) is 36.8. The maximum absolute atomic E-state index is 13.4. The van der Waals surface area contributed by atoms with Crippen LogP contribution in [0.15, 0.2) is 111 Å². The van der Waals surface area contributed by atoms with Crippen molar-refractivity contribution in [1.29, 1.82) is 0 Å². The highest BCUT2D eigenvalue weighted by Crippen LogP contribution is 2.30. The third kappa shape index (κ3) is 14.5. The smallest absolute Gasteiger partial charge is 0.258 e. The van der Waals surface area contributed by atoms with Gasteiger partial charge < -0.3 is 30.7 Å². The summed E-state index contributed by atoms with van der Waals surface area (Å²) in [6, 6.07) is 19.8. The molecular formula is C47H43Cl5N8O8. The maximum atomic E-state index is 13.4. The maximum Gasteiger partial charge on any atom is 0.258 e. The Morgan fingerprint density at radius 2 is 0.956 bits per heavy atom. The van der Waals surface area contributed by atoms with Gasteiger partial charge in [0, 0.05) is 73.7 Å². The predicted octanol–water partition coefficient (Wildman–Crippen LogP) is 11.2. The number of nitrogens with one attached hydrogen (secondary N) is 4. The largest absolute Gasteiger partial charge is 0.496 e. The van der Waals surface area contributed by atoms with Crippen LogP contribution in [0.5, 0.6) is 11.5 Å². The van der Waals surface area contributed by atoms with Crippen molar-refractivity contribution in [3.63, 3.8) is 0 Å². The highest BCUT2D eigenvalue weighted by atomic mass is 35.5. The number of rotatable bonds is 21. The average Bonchev–Trinajstić information content (AvgIpc) is 3.30. The number of amides is 4. The number of ether oxygens (including phenoxy) is 2. The number of anilines is 4. The van der Waals surface area contributed by atoms with Crippen LogP contribution in [0.2, 0.25) is 10.0 Å². The number of ketones is 2. The van der Waals surface area contributed by atoms with Gasteiger partial charge in [-0.15, -0.1) is 34.8 Å². The lowest BCUT2D eigenvalue weighted by Crippen LogP contribution is -2.32. The van der Waals surface area contributed by atoms with Crippen molar-refractivity contribution in [2.45, 2.75) is 44.7 Å². The molecule has 0 aliphatic rings. The quantitative estimate of drug-likeness (QED) is 0.0314. The van der Waals surface area contributed by atoms with Crippen molar-refractivity contribution in [3.8, 4) is 11.5 Å². The SMILES string of the molecule is COc1cc(NC(=O)c2cc(Cl)cc(N=NC(C(C)=O)C(=O)Nc3ccc(NC(=O)C(N=Nc4cc(Cl)cc(C(=O)Nc5ccc(CCCl)c(OC)c5)c4)C(C)=O)c(CCl)c3)c2)ccc1CCCl. The summed E-state index contributed by atoms with van der Waals surface area (Å²) in [7, 11) is 3.02. The van der Waals surface area contributed by atoms with Crippen LogP contribution in [-0.4, -0.2) is 73.3 Å². The Kier molecular flexibility index (Phi) is 19.4. The number of Topliss-reactive ketones (excluding diaryl/α,β-unsaturated/α-hetero) is 2. The number of carbonyl (C=O) groups excluding carboxylic acids is 6. The summed E-state index contributed by atoms with van der Waals surface area (Å²) in [5.41, 5.74) is 3.77. The summed E-state index contributed by atoms with van der Waals surface area (Å²) in [5.74, 6) is -2.31. The highest BCUT2D eigenvalue weighted by molar-refractivity contribution is 6.32. The van der Waals surface area contributed by atoms with Crippen molar-refractivity contribution < 1.29 is 38.2 Å². The number of benzene rings is 5. The zero-order chi connectivity index (χ0) is 49.5. The van der Waals surface area contributed by atoms with Crippen LogP contribution in [0.1, 0.15) is 51.3 Å². The van der Waals surface area contributed by atoms with Crippen LogP contribution in [0, 0.1) is 0 Å². The zero-order valence-corrected chi connectivity index (χ0v) is 40.6. The Bertz CT molecular complexity index is 2790. The minimum Gasteiger partial charge on any atom is -0.496 e. The second-order valence-electron chi connectivity index (χ2n) is 14.7. The van der Waals surface area contributed by atoms with E-state index in [0.717, 1.165) is 25.0 Å². The van der Waals surface area contributed by atoms with Gasteiger partial charge in [0.1, 0.15) is 11.5 Å². The van der Waals surface area contributed by atoms with Crippen LogP contribution in [0.3, 0.4) is 0 Å². The molecular weight excluding hydrogens is 982 g/mol. The van der Waals surface area contributed by atoms with Gasteiger partial charge in [-0.2, -0.15) is 20.5 Å². The normalized spacial score (nSPS) is 12.0. The van der Waals surface area contributed by atoms with Gasteiger partial charge in [0.15, 0.2) is 11.6 Å². The van der Waals surface area contributed by atoms with E-state index in [4.69, 9.17) is 67.5 Å². The van der Waals surface area contributed by atoms with Gasteiger partial charge in [0.05, 0.1) is 25.6 Å². The third-order valence-corrected chi connectivity index (χ3v) is 10.8. The van der Waals surface area contributed by atoms with E-state index in [1.807, 2.05) is 0 Å². The molecule has 5 aromatic rings. The molecule has 0 spiro atoms. The minimum atomic E-state index is -1.62. The van der Waals surface area contributed by atoms with Gasteiger partial charge in [-0.25, -0.2) is 0 Å². The molecule has 0 heterocycles. The third-order valence-electron chi connectivity index (χ3n) is 9.73. The van der Waals surface area contributed by atoms with Crippen molar-refractivity contribution >= 4 is 127 Å². The topological polar surface area (TPSA) is 218 Å². The van der Waals surface area contributed by atoms with Crippen molar-refractivity contribution in [1.82, 2.24) is 0 Å². The lowest BCUT2D eigenvalue weighted by Gasteiger charge is -2.15. The molecule has 0 fully saturated rings. The van der Waals surface area contributed by atoms with E-state index in [2.05, 4.69) is 41.7 Å². The first kappa shape index (κ1) is 52.5. The molecule has 4 N–H and O–H groups in total. The second-order valence-corrected chi connectivity index (χ2v) is 16.6. The molecule has 0 aromatic heterocycles. The van der Waals surface area contributed by atoms with Crippen LogP contribution in [-0.2, 0) is 37.9 Å². The molecule has 4 amide bonds. The van der Waals surface area contributed by atoms with E-state index in [1.165, 1.54) is 68.8 Å². The number of azo groups is 2. The molecule has 2 atom stereocenters. The summed E-state index contributed by atoms with van der Waals surface area (Å²) in [4.78, 5) is 78.5. The van der Waals surface area contributed by atoms with Crippen molar-refractivity contribution in [2.24, 2.45) is 20.5 Å². The molecule has 5 rings (SSSR count). The molecule has 16 nitrogen and oxygen atoms in total. The van der Waals surface area contributed by atoms with Crippen molar-refractivity contribution in [3.05, 3.63) is 129 Å². The number of hydrogen-bond donors (Lipinski definition) is 4. The highest BCUT2D eigenvalue weighted by Gasteiger charge is 2.26. The fourth-order valence-electron chi connectivity index (χ4n) is 6.39. The first-order chi connectivity index (χ1) is 32.5. The van der Waals surface area contributed by atoms with E-state index in [-0.39, 0.29) is 49.8 Å². The number of halogens is 5. The van der Waals surface area contributed by atoms with Crippen molar-refractivity contribution in [2.75, 3.05) is 47.2 Å². The first-order valence-electron chi connectivity index (χ1n) is 20.4. The summed E-state index contributed by atoms with van der Waals surface area (Å²) < 4.78 is 10.8. The first-order valence-corrected chi connectivity index (χ1v) is 22.7. The molecule has 0 saturated heterocycles.